The monoisotopic (exact) mass is 711 g/mol. The molecule has 0 aliphatic carbocycles. The molecule has 3 N–H and O–H groups in total. The molecule has 4 amide bonds. The van der Waals surface area contributed by atoms with E-state index < -0.39 is 52.8 Å². The molecule has 1 aromatic carbocycles. The summed E-state index contributed by atoms with van der Waals surface area (Å²) in [5, 5.41) is 8.27. The normalized spacial score (nSPS) is 22.5. The summed E-state index contributed by atoms with van der Waals surface area (Å²) in [4.78, 5) is 68.6. The number of halogens is 1. The van der Waals surface area contributed by atoms with Crippen molar-refractivity contribution in [1.82, 2.24) is 20.9 Å². The van der Waals surface area contributed by atoms with Crippen LogP contribution in [0.5, 0.6) is 0 Å². The van der Waals surface area contributed by atoms with Crippen LogP contribution in [-0.4, -0.2) is 72.1 Å². The molecule has 43 heavy (non-hydrogen) atoms. The summed E-state index contributed by atoms with van der Waals surface area (Å²) in [7, 11) is 0. The molecule has 0 bridgehead atoms. The molecule has 10 nitrogen and oxygen atoms in total. The summed E-state index contributed by atoms with van der Waals surface area (Å²) >= 11 is -0.286. The van der Waals surface area contributed by atoms with E-state index in [0.29, 0.717) is 19.4 Å². The molecule has 0 spiro atoms. The van der Waals surface area contributed by atoms with Gasteiger partial charge in [-0.25, -0.2) is 0 Å². The van der Waals surface area contributed by atoms with E-state index in [4.69, 9.17) is 4.74 Å². The third kappa shape index (κ3) is 8.69. The molecular formula is C32H48IN4O6-. The first-order chi connectivity index (χ1) is 19.9. The van der Waals surface area contributed by atoms with E-state index in [-0.39, 0.29) is 46.9 Å². The molecular weight excluding hydrogens is 663 g/mol. The maximum atomic E-state index is 14.2. The van der Waals surface area contributed by atoms with Crippen LogP contribution in [0.2, 0.25) is 0 Å². The Morgan fingerprint density at radius 2 is 1.65 bits per heavy atom. The number of nitrogens with one attached hydrogen (secondary N) is 3. The second-order valence-electron chi connectivity index (χ2n) is 14.0. The summed E-state index contributed by atoms with van der Waals surface area (Å²) in [5.74, 6) is -2.34. The molecule has 240 valence electrons. The zero-order valence-corrected chi connectivity index (χ0v) is 29.0. The number of rotatable bonds is 10. The van der Waals surface area contributed by atoms with Crippen molar-refractivity contribution in [3.05, 3.63) is 35.9 Å². The van der Waals surface area contributed by atoms with Crippen LogP contribution >= 0.6 is 0 Å². The second kappa shape index (κ2) is 13.5. The molecule has 2 aliphatic rings. The summed E-state index contributed by atoms with van der Waals surface area (Å²) in [6.07, 6.45) is 0.163. The molecule has 5 atom stereocenters. The number of ketones is 1. The number of ether oxygens (including phenoxy) is 1. The number of hydrogen-bond donors (Lipinski definition) is 3. The van der Waals surface area contributed by atoms with Gasteiger partial charge in [-0.3, -0.25) is 0 Å². The van der Waals surface area contributed by atoms with E-state index in [9.17, 15) is 24.0 Å². The zero-order chi connectivity index (χ0) is 32.3. The third-order valence-corrected chi connectivity index (χ3v) is 12.0. The van der Waals surface area contributed by atoms with Gasteiger partial charge < -0.3 is 0 Å². The summed E-state index contributed by atoms with van der Waals surface area (Å²) in [6, 6.07) is 6.51. The summed E-state index contributed by atoms with van der Waals surface area (Å²) < 4.78 is 5.58. The Morgan fingerprint density at radius 1 is 1.02 bits per heavy atom. The van der Waals surface area contributed by atoms with Gasteiger partial charge in [0.1, 0.15) is 0 Å². The van der Waals surface area contributed by atoms with Crippen molar-refractivity contribution in [3.63, 3.8) is 0 Å². The minimum Gasteiger partial charge on any atom is -0.0622 e. The van der Waals surface area contributed by atoms with Crippen LogP contribution < -0.4 is 37.2 Å². The third-order valence-electron chi connectivity index (χ3n) is 7.71. The first kappa shape index (κ1) is 34.8. The molecule has 2 aliphatic heterocycles. The average molecular weight is 712 g/mol. The van der Waals surface area contributed by atoms with Gasteiger partial charge in [-0.1, -0.05) is 18.2 Å². The van der Waals surface area contributed by atoms with Crippen LogP contribution in [0, 0.1) is 11.3 Å². The van der Waals surface area contributed by atoms with E-state index >= 15 is 0 Å². The Hall–Kier alpha value is -2.70. The van der Waals surface area contributed by atoms with Crippen LogP contribution in [0.25, 0.3) is 0 Å². The minimum absolute atomic E-state index is 0.0734. The van der Waals surface area contributed by atoms with Gasteiger partial charge in [-0.15, -0.1) is 0 Å². The topological polar surface area (TPSA) is 134 Å². The van der Waals surface area contributed by atoms with Crippen molar-refractivity contribution < 1.29 is 49.9 Å². The number of alkyl halides is 2. The Kier molecular flexibility index (Phi) is 10.9. The van der Waals surface area contributed by atoms with Gasteiger partial charge in [-0.05, 0) is 0 Å². The molecule has 0 saturated carbocycles. The molecule has 0 radical (unpaired) electrons. The molecule has 1 unspecified atom stereocenters. The Morgan fingerprint density at radius 3 is 2.19 bits per heavy atom. The first-order valence-corrected chi connectivity index (χ1v) is 17.3. The molecule has 3 rings (SSSR count). The summed E-state index contributed by atoms with van der Waals surface area (Å²) in [6.45, 7) is 17.6. The number of carbonyl (C=O) groups is 5. The smallest absolute Gasteiger partial charge is 0.0622 e. The Labute approximate surface area is 266 Å². The van der Waals surface area contributed by atoms with Gasteiger partial charge in [-0.2, -0.15) is 0 Å². The number of carbonyl (C=O) groups excluding carboxylic acids is 5. The van der Waals surface area contributed by atoms with Gasteiger partial charge in [0.15, 0.2) is 0 Å². The predicted octanol–water partition coefficient (Wildman–Crippen LogP) is 0.173. The molecule has 2 fully saturated rings. The van der Waals surface area contributed by atoms with Crippen molar-refractivity contribution in [1.29, 1.82) is 0 Å². The zero-order valence-electron chi connectivity index (χ0n) is 26.9. The molecule has 1 aromatic rings. The second-order valence-corrected chi connectivity index (χ2v) is 19.0. The van der Waals surface area contributed by atoms with Crippen molar-refractivity contribution in [2.45, 2.75) is 113 Å². The maximum absolute atomic E-state index is 14.2. The summed E-state index contributed by atoms with van der Waals surface area (Å²) in [5.41, 5.74) is -0.554. The molecule has 11 heteroatoms. The van der Waals surface area contributed by atoms with E-state index in [1.165, 1.54) is 0 Å². The van der Waals surface area contributed by atoms with Crippen LogP contribution in [0.4, 0.5) is 4.79 Å². The van der Waals surface area contributed by atoms with Crippen LogP contribution in [0.1, 0.15) is 80.7 Å². The van der Waals surface area contributed by atoms with Gasteiger partial charge >= 0.3 is 249 Å². The number of benzene rings is 1. The quantitative estimate of drug-likeness (QED) is 0.180. The number of nitrogens with zero attached hydrogens (tertiary/aromatic N) is 1. The Balaban J connectivity index is 1.82. The standard InChI is InChI=1S/C32H48IN4O6/c1-10-14-21(24(38)27(40)34-17-19-15-12-11-13-16-19)35-26(39)23-22-20(33-32(22,8)9)18-37(23)28(41)25(30(2,3)4)36-29(42)43-31(5,6)7/h11-13,15-16,20-23,25H,10,14,17-18H2,1-9H3,(H,34,40)(H,35,39)(H,36,42)/q-1/t20?,21-,22+,23+,25-/m1/s1. The number of hydrogen-bond acceptors (Lipinski definition) is 6. The fraction of sp³-hybridized carbons (Fsp3) is 0.656. The molecule has 2 heterocycles. The minimum atomic E-state index is -1.01. The van der Waals surface area contributed by atoms with Gasteiger partial charge in [0.2, 0.25) is 0 Å². The van der Waals surface area contributed by atoms with E-state index in [0.717, 1.165) is 5.56 Å². The number of fused-ring (bicyclic) bond motifs is 1. The van der Waals surface area contributed by atoms with Crippen LogP contribution in [0.15, 0.2) is 30.3 Å². The van der Waals surface area contributed by atoms with E-state index in [1.54, 1.807) is 25.7 Å². The van der Waals surface area contributed by atoms with Crippen LogP contribution in [0.3, 0.4) is 0 Å². The van der Waals surface area contributed by atoms with Crippen molar-refractivity contribution in [3.8, 4) is 0 Å². The number of alkyl carbamates (subject to hydrolysis) is 1. The van der Waals surface area contributed by atoms with E-state index in [1.807, 2.05) is 58.0 Å². The van der Waals surface area contributed by atoms with Crippen molar-refractivity contribution in [2.24, 2.45) is 11.3 Å². The molecule has 2 saturated heterocycles. The van der Waals surface area contributed by atoms with E-state index in [2.05, 4.69) is 29.8 Å². The first-order valence-electron chi connectivity index (χ1n) is 15.0. The number of Topliss-reactive ketones (excluding diaryl/α,β-unsaturated/α-hetero) is 1. The van der Waals surface area contributed by atoms with Crippen molar-refractivity contribution >= 4 is 29.6 Å². The number of amides is 4. The van der Waals surface area contributed by atoms with Crippen LogP contribution in [-0.2, 0) is 30.5 Å². The van der Waals surface area contributed by atoms with Crippen molar-refractivity contribution in [2.75, 3.05) is 6.54 Å². The van der Waals surface area contributed by atoms with Gasteiger partial charge in [0.25, 0.3) is 0 Å². The predicted molar refractivity (Wildman–Crippen MR) is 160 cm³/mol. The van der Waals surface area contributed by atoms with Gasteiger partial charge in [0.05, 0.1) is 0 Å². The SMILES string of the molecule is CCC[C@@H](NC(=O)[C@@H]1[C@@H]2C(CN1C(=O)[C@@H](NC(=O)OC(C)(C)C)C(C)(C)C)[I-]C2(C)C)C(=O)C(=O)NCc1ccccc1. The average Bonchev–Trinajstić information content (AvgIpc) is 3.23. The fourth-order valence-electron chi connectivity index (χ4n) is 5.69. The fourth-order valence-corrected chi connectivity index (χ4v) is 10.7. The number of likely N-dealkylation sites (tertiary alicyclic amines) is 1. The Bertz CT molecular complexity index is 1210. The molecule has 0 aromatic heterocycles. The van der Waals surface area contributed by atoms with Gasteiger partial charge in [0, 0.05) is 0 Å².